The van der Waals surface area contributed by atoms with Crippen LogP contribution < -0.4 is 0 Å². The van der Waals surface area contributed by atoms with Crippen LogP contribution in [0.2, 0.25) is 0 Å². The van der Waals surface area contributed by atoms with Crippen molar-refractivity contribution in [2.24, 2.45) is 0 Å². The van der Waals surface area contributed by atoms with Gasteiger partial charge in [-0.3, -0.25) is 9.59 Å². The smallest absolute Gasteiger partial charge is 0.306 e. The van der Waals surface area contributed by atoms with Gasteiger partial charge in [-0.2, -0.15) is 0 Å². The molecule has 478 valence electrons. The standard InChI is InChI=1S/C75H148O5/c1-3-5-7-9-11-13-15-17-19-21-23-25-27-29-31-33-35-36-37-38-39-40-42-44-46-48-50-52-54-56-58-60-62-64-66-68-70-75(78)80-73(71-76)72-79-74(77)69-67-65-63-61-59-57-55-53-51-49-47-45-43-41-34-32-30-28-26-24-22-20-18-16-14-12-10-8-6-4-2/h73,76H,3-72H2,1-2H3. The van der Waals surface area contributed by atoms with Gasteiger partial charge in [-0.15, -0.1) is 0 Å². The number of rotatable bonds is 72. The second kappa shape index (κ2) is 72.2. The van der Waals surface area contributed by atoms with E-state index in [4.69, 9.17) is 9.47 Å². The molecule has 0 spiro atoms. The van der Waals surface area contributed by atoms with Crippen molar-refractivity contribution in [2.75, 3.05) is 13.2 Å². The fourth-order valence-electron chi connectivity index (χ4n) is 12.3. The molecule has 0 saturated heterocycles. The van der Waals surface area contributed by atoms with Crippen LogP contribution >= 0.6 is 0 Å². The molecule has 0 aliphatic carbocycles. The van der Waals surface area contributed by atoms with E-state index in [1.807, 2.05) is 0 Å². The molecule has 80 heavy (non-hydrogen) atoms. The minimum Gasteiger partial charge on any atom is -0.462 e. The first-order valence-corrected chi connectivity index (χ1v) is 37.6. The largest absolute Gasteiger partial charge is 0.462 e. The monoisotopic (exact) mass is 1130 g/mol. The molecule has 0 aromatic rings. The molecule has 0 aliphatic heterocycles. The molecule has 1 unspecified atom stereocenters. The lowest BCUT2D eigenvalue weighted by Gasteiger charge is -2.15. The van der Waals surface area contributed by atoms with Gasteiger partial charge in [-0.05, 0) is 12.8 Å². The quantitative estimate of drug-likeness (QED) is 0.0485. The summed E-state index contributed by atoms with van der Waals surface area (Å²) in [5.41, 5.74) is 0. The number of carbonyl (C=O) groups is 2. The summed E-state index contributed by atoms with van der Waals surface area (Å²) in [6, 6.07) is 0. The molecular formula is C75H148O5. The third-order valence-corrected chi connectivity index (χ3v) is 17.9. The summed E-state index contributed by atoms with van der Waals surface area (Å²) >= 11 is 0. The van der Waals surface area contributed by atoms with Crippen molar-refractivity contribution in [3.8, 4) is 0 Å². The van der Waals surface area contributed by atoms with E-state index in [2.05, 4.69) is 13.8 Å². The Morgan fingerprint density at radius 1 is 0.237 bits per heavy atom. The van der Waals surface area contributed by atoms with Crippen LogP contribution in [-0.4, -0.2) is 36.4 Å². The number of unbranched alkanes of at least 4 members (excludes halogenated alkanes) is 64. The Labute approximate surface area is 503 Å². The predicted octanol–water partition coefficient (Wildman–Crippen LogP) is 26.0. The van der Waals surface area contributed by atoms with Gasteiger partial charge in [0.15, 0.2) is 6.10 Å². The number of esters is 2. The van der Waals surface area contributed by atoms with Gasteiger partial charge < -0.3 is 14.6 Å². The van der Waals surface area contributed by atoms with Crippen molar-refractivity contribution in [3.63, 3.8) is 0 Å². The molecule has 0 heterocycles. The van der Waals surface area contributed by atoms with E-state index >= 15 is 0 Å². The normalized spacial score (nSPS) is 12.0. The molecule has 0 aromatic heterocycles. The summed E-state index contributed by atoms with van der Waals surface area (Å²) in [6.07, 6.45) is 91.8. The lowest BCUT2D eigenvalue weighted by Crippen LogP contribution is -2.28. The van der Waals surface area contributed by atoms with Crippen LogP contribution in [0.15, 0.2) is 0 Å². The molecule has 0 radical (unpaired) electrons. The lowest BCUT2D eigenvalue weighted by atomic mass is 10.0. The maximum atomic E-state index is 12.4. The molecule has 5 heteroatoms. The van der Waals surface area contributed by atoms with E-state index in [0.29, 0.717) is 12.8 Å². The number of aliphatic hydroxyl groups is 1. The van der Waals surface area contributed by atoms with Gasteiger partial charge in [0.1, 0.15) is 6.61 Å². The second-order valence-corrected chi connectivity index (χ2v) is 26.1. The van der Waals surface area contributed by atoms with Gasteiger partial charge >= 0.3 is 11.9 Å². The molecule has 0 bridgehead atoms. The first kappa shape index (κ1) is 78.9. The summed E-state index contributed by atoms with van der Waals surface area (Å²) in [5.74, 6) is -0.557. The minimum absolute atomic E-state index is 0.0552. The number of carbonyl (C=O) groups excluding carboxylic acids is 2. The van der Waals surface area contributed by atoms with Gasteiger partial charge in [0.05, 0.1) is 6.61 Å². The summed E-state index contributed by atoms with van der Waals surface area (Å²) in [5, 5.41) is 9.71. The maximum Gasteiger partial charge on any atom is 0.306 e. The zero-order chi connectivity index (χ0) is 57.6. The van der Waals surface area contributed by atoms with Crippen LogP contribution in [0.5, 0.6) is 0 Å². The highest BCUT2D eigenvalue weighted by molar-refractivity contribution is 5.70. The molecule has 0 fully saturated rings. The van der Waals surface area contributed by atoms with Crippen molar-refractivity contribution in [3.05, 3.63) is 0 Å². The number of aliphatic hydroxyl groups excluding tert-OH is 1. The minimum atomic E-state index is -0.766. The Morgan fingerprint density at radius 2 is 0.388 bits per heavy atom. The maximum absolute atomic E-state index is 12.4. The molecule has 1 atom stereocenters. The van der Waals surface area contributed by atoms with E-state index in [1.165, 1.54) is 392 Å². The van der Waals surface area contributed by atoms with Crippen molar-refractivity contribution in [1.82, 2.24) is 0 Å². The molecule has 5 nitrogen and oxygen atoms in total. The average Bonchev–Trinajstić information content (AvgIpc) is 3.46. The summed E-state index contributed by atoms with van der Waals surface area (Å²) < 4.78 is 10.8. The first-order chi connectivity index (χ1) is 39.6. The molecule has 0 aromatic carbocycles. The van der Waals surface area contributed by atoms with Crippen molar-refractivity contribution < 1.29 is 24.2 Å². The average molecular weight is 1130 g/mol. The predicted molar refractivity (Wildman–Crippen MR) is 353 cm³/mol. The summed E-state index contributed by atoms with van der Waals surface area (Å²) in [4.78, 5) is 24.7. The Bertz CT molecular complexity index is 1140. The van der Waals surface area contributed by atoms with Crippen LogP contribution in [0.25, 0.3) is 0 Å². The van der Waals surface area contributed by atoms with Crippen molar-refractivity contribution >= 4 is 11.9 Å². The van der Waals surface area contributed by atoms with Crippen LogP contribution in [0.1, 0.15) is 450 Å². The topological polar surface area (TPSA) is 72.8 Å². The Morgan fingerprint density at radius 3 is 0.550 bits per heavy atom. The van der Waals surface area contributed by atoms with Crippen LogP contribution in [0.4, 0.5) is 0 Å². The second-order valence-electron chi connectivity index (χ2n) is 26.1. The molecule has 0 rings (SSSR count). The molecule has 1 N–H and O–H groups in total. The number of ether oxygens (including phenoxy) is 2. The molecule has 0 amide bonds. The van der Waals surface area contributed by atoms with Gasteiger partial charge in [0.25, 0.3) is 0 Å². The van der Waals surface area contributed by atoms with Gasteiger partial charge in [-0.1, -0.05) is 425 Å². The number of hydrogen-bond acceptors (Lipinski definition) is 5. The Balaban J connectivity index is 3.34. The van der Waals surface area contributed by atoms with Gasteiger partial charge in [-0.25, -0.2) is 0 Å². The zero-order valence-electron chi connectivity index (χ0n) is 55.2. The number of hydrogen-bond donors (Lipinski definition) is 1. The van der Waals surface area contributed by atoms with E-state index in [9.17, 15) is 14.7 Å². The molecular weight excluding hydrogens is 981 g/mol. The van der Waals surface area contributed by atoms with E-state index in [1.54, 1.807) is 0 Å². The van der Waals surface area contributed by atoms with Crippen LogP contribution in [-0.2, 0) is 19.1 Å². The SMILES string of the molecule is CCCCCCCCCCCCCCCCCCCCCCCCCCCCCCCCCCCCCCC(=O)OC(CO)COC(=O)CCCCCCCCCCCCCCCCCCCCCCCCCCCCCCCC. The van der Waals surface area contributed by atoms with E-state index < -0.39 is 6.10 Å². The lowest BCUT2D eigenvalue weighted by molar-refractivity contribution is -0.161. The third kappa shape index (κ3) is 69.4. The zero-order valence-corrected chi connectivity index (χ0v) is 55.2. The summed E-state index contributed by atoms with van der Waals surface area (Å²) in [6.45, 7) is 4.23. The van der Waals surface area contributed by atoms with E-state index in [0.717, 1.165) is 32.1 Å². The summed E-state index contributed by atoms with van der Waals surface area (Å²) in [7, 11) is 0. The highest BCUT2D eigenvalue weighted by Gasteiger charge is 2.16. The van der Waals surface area contributed by atoms with Crippen LogP contribution in [0.3, 0.4) is 0 Å². The van der Waals surface area contributed by atoms with Gasteiger partial charge in [0, 0.05) is 12.8 Å². The fraction of sp³-hybridized carbons (Fsp3) is 0.973. The first-order valence-electron chi connectivity index (χ1n) is 37.6. The van der Waals surface area contributed by atoms with Crippen molar-refractivity contribution in [1.29, 1.82) is 0 Å². The Kier molecular flexibility index (Phi) is 71.2. The van der Waals surface area contributed by atoms with E-state index in [-0.39, 0.29) is 25.2 Å². The Hall–Kier alpha value is -1.10. The van der Waals surface area contributed by atoms with Crippen molar-refractivity contribution in [2.45, 2.75) is 457 Å². The van der Waals surface area contributed by atoms with Crippen LogP contribution in [0, 0.1) is 0 Å². The third-order valence-electron chi connectivity index (χ3n) is 17.9. The molecule has 0 aliphatic rings. The highest BCUT2D eigenvalue weighted by atomic mass is 16.6. The van der Waals surface area contributed by atoms with Gasteiger partial charge in [0.2, 0.25) is 0 Å². The molecule has 0 saturated carbocycles. The highest BCUT2D eigenvalue weighted by Crippen LogP contribution is 2.20. The fourth-order valence-corrected chi connectivity index (χ4v) is 12.3.